The van der Waals surface area contributed by atoms with E-state index in [4.69, 9.17) is 4.74 Å². The van der Waals surface area contributed by atoms with Gasteiger partial charge in [0.25, 0.3) is 0 Å². The van der Waals surface area contributed by atoms with Crippen LogP contribution in [0.3, 0.4) is 0 Å². The third-order valence-electron chi connectivity index (χ3n) is 6.46. The Labute approximate surface area is 226 Å². The van der Waals surface area contributed by atoms with E-state index >= 15 is 0 Å². The molecule has 2 aromatic carbocycles. The number of carbonyl (C=O) groups excluding carboxylic acids is 2. The second-order valence-electron chi connectivity index (χ2n) is 9.68. The van der Waals surface area contributed by atoms with Crippen molar-refractivity contribution in [2.45, 2.75) is 96.0 Å². The quantitative estimate of drug-likeness (QED) is 0.129. The molecule has 9 heteroatoms. The van der Waals surface area contributed by atoms with Crippen LogP contribution in [0.15, 0.2) is 60.7 Å². The maximum atomic E-state index is 12.8. The summed E-state index contributed by atoms with van der Waals surface area (Å²) in [4.78, 5) is 54.4. The van der Waals surface area contributed by atoms with Gasteiger partial charge in [-0.3, -0.25) is 4.79 Å². The summed E-state index contributed by atoms with van der Waals surface area (Å²) in [6.45, 7) is 1.98. The van der Waals surface area contributed by atoms with Crippen LogP contribution in [0.1, 0.15) is 75.8 Å². The maximum Gasteiger partial charge on any atom is 0.481 e. The van der Waals surface area contributed by atoms with Gasteiger partial charge in [-0.1, -0.05) is 99.7 Å². The predicted molar refractivity (Wildman–Crippen MR) is 149 cm³/mol. The van der Waals surface area contributed by atoms with E-state index in [0.717, 1.165) is 38.5 Å². The number of hydrogen-bond donors (Lipinski definition) is 5. The number of nitrogens with one attached hydrogen (secondary N) is 1. The average molecular weight is 549 g/mol. The first-order valence-electron chi connectivity index (χ1n) is 13.5. The van der Waals surface area contributed by atoms with Crippen LogP contribution in [-0.2, 0) is 27.4 Å². The van der Waals surface area contributed by atoms with Crippen LogP contribution in [0.2, 0.25) is 0 Å². The molecule has 0 saturated carbocycles. The van der Waals surface area contributed by atoms with Gasteiger partial charge in [-0.15, -0.1) is 0 Å². The molecule has 0 aliphatic carbocycles. The van der Waals surface area contributed by atoms with Gasteiger partial charge in [0.2, 0.25) is 5.91 Å². The Kier molecular flexibility index (Phi) is 14.7. The molecular formula is C29H43NO7P+. The monoisotopic (exact) mass is 548 g/mol. The maximum absolute atomic E-state index is 12.8. The highest BCUT2D eigenvalue weighted by atomic mass is 31.2. The molecule has 3 atom stereocenters. The lowest BCUT2D eigenvalue weighted by Crippen LogP contribution is -2.52. The summed E-state index contributed by atoms with van der Waals surface area (Å²) in [5.41, 5.74) is 0.581. The topological polar surface area (TPSA) is 136 Å². The summed E-state index contributed by atoms with van der Waals surface area (Å²) in [6, 6.07) is 18.2. The van der Waals surface area contributed by atoms with Crippen molar-refractivity contribution in [1.82, 2.24) is 5.32 Å². The van der Waals surface area contributed by atoms with Crippen LogP contribution in [0, 0.1) is 0 Å². The molecule has 1 amide bonds. The number of hydrogen-bond acceptors (Lipinski definition) is 7. The fraction of sp³-hybridized carbons (Fsp3) is 0.517. The Balaban J connectivity index is 2.00. The van der Waals surface area contributed by atoms with Crippen molar-refractivity contribution in [3.8, 4) is 0 Å². The standard InChI is InChI=1S/C29H42NO7P/c1-2-3-4-13-20-25(30-26(31)21-14-7-10-17-23-15-8-5-9-16-23)27(32)28(29(33)38(34,35)36)37-22-24-18-11-6-12-19-24/h5-6,8-9,11-12,15-16,18-19,25,27-28,32,34-36H,2-4,7,10,13-14,17,20-22H2,1H3/p+1. The van der Waals surface area contributed by atoms with Crippen LogP contribution in [-0.4, -0.2) is 49.5 Å². The zero-order valence-electron chi connectivity index (χ0n) is 22.2. The Morgan fingerprint density at radius 1 is 0.842 bits per heavy atom. The second-order valence-corrected chi connectivity index (χ2v) is 11.3. The summed E-state index contributed by atoms with van der Waals surface area (Å²) in [5, 5.41) is 14.0. The number of aryl methyl sites for hydroxylation is 1. The third-order valence-corrected chi connectivity index (χ3v) is 7.31. The van der Waals surface area contributed by atoms with Gasteiger partial charge in [-0.05, 0) is 36.8 Å². The number of amides is 1. The molecule has 8 nitrogen and oxygen atoms in total. The SMILES string of the molecule is CCCCCCC(NC(=O)CCCCCc1ccccc1)C(O)C(OCc1ccccc1)C(=O)[P+](O)(O)O. The number of aliphatic hydroxyl groups is 1. The van der Waals surface area contributed by atoms with Gasteiger partial charge in [0.05, 0.1) is 12.6 Å². The molecule has 38 heavy (non-hydrogen) atoms. The van der Waals surface area contributed by atoms with Crippen molar-refractivity contribution in [3.05, 3.63) is 71.8 Å². The Morgan fingerprint density at radius 2 is 1.45 bits per heavy atom. The molecule has 0 aliphatic rings. The lowest BCUT2D eigenvalue weighted by molar-refractivity contribution is -0.138. The predicted octanol–water partition coefficient (Wildman–Crippen LogP) is 4.46. The van der Waals surface area contributed by atoms with E-state index in [0.29, 0.717) is 24.8 Å². The molecule has 0 heterocycles. The van der Waals surface area contributed by atoms with Crippen molar-refractivity contribution < 1.29 is 34.1 Å². The normalized spacial score (nSPS) is 14.0. The van der Waals surface area contributed by atoms with Crippen LogP contribution in [0.25, 0.3) is 0 Å². The first-order valence-corrected chi connectivity index (χ1v) is 15.2. The number of rotatable bonds is 19. The summed E-state index contributed by atoms with van der Waals surface area (Å²) in [5.74, 6) is -0.253. The molecule has 0 bridgehead atoms. The number of aliphatic hydroxyl groups excluding tert-OH is 1. The summed E-state index contributed by atoms with van der Waals surface area (Å²) in [7, 11) is -4.94. The second kappa shape index (κ2) is 17.4. The van der Waals surface area contributed by atoms with Gasteiger partial charge >= 0.3 is 13.5 Å². The number of ether oxygens (including phenoxy) is 1. The Bertz CT molecular complexity index is 937. The van der Waals surface area contributed by atoms with E-state index in [1.165, 1.54) is 5.56 Å². The fourth-order valence-corrected chi connectivity index (χ4v) is 4.86. The van der Waals surface area contributed by atoms with Crippen LogP contribution in [0.4, 0.5) is 0 Å². The van der Waals surface area contributed by atoms with E-state index in [9.17, 15) is 29.4 Å². The lowest BCUT2D eigenvalue weighted by Gasteiger charge is -2.29. The van der Waals surface area contributed by atoms with Crippen molar-refractivity contribution >= 4 is 19.4 Å². The summed E-state index contributed by atoms with van der Waals surface area (Å²) >= 11 is 0. The summed E-state index contributed by atoms with van der Waals surface area (Å²) in [6.07, 6.45) is 4.41. The molecule has 0 fully saturated rings. The van der Waals surface area contributed by atoms with E-state index in [-0.39, 0.29) is 18.9 Å². The van der Waals surface area contributed by atoms with Gasteiger partial charge < -0.3 is 15.2 Å². The van der Waals surface area contributed by atoms with Gasteiger partial charge in [0.15, 0.2) is 6.10 Å². The number of unbranched alkanes of at least 4 members (excludes halogenated alkanes) is 5. The van der Waals surface area contributed by atoms with Crippen molar-refractivity contribution in [2.24, 2.45) is 0 Å². The highest BCUT2D eigenvalue weighted by molar-refractivity contribution is 7.76. The fourth-order valence-electron chi connectivity index (χ4n) is 4.29. The minimum atomic E-state index is -4.94. The number of carbonyl (C=O) groups is 2. The van der Waals surface area contributed by atoms with E-state index in [1.54, 1.807) is 24.3 Å². The van der Waals surface area contributed by atoms with Crippen molar-refractivity contribution in [3.63, 3.8) is 0 Å². The highest BCUT2D eigenvalue weighted by Gasteiger charge is 2.52. The highest BCUT2D eigenvalue weighted by Crippen LogP contribution is 2.47. The zero-order valence-corrected chi connectivity index (χ0v) is 23.1. The molecule has 210 valence electrons. The van der Waals surface area contributed by atoms with E-state index in [2.05, 4.69) is 24.4 Å². The van der Waals surface area contributed by atoms with Gasteiger partial charge in [-0.25, -0.2) is 4.79 Å². The van der Waals surface area contributed by atoms with E-state index in [1.807, 2.05) is 24.3 Å². The largest absolute Gasteiger partial charge is 0.481 e. The Morgan fingerprint density at radius 3 is 2.05 bits per heavy atom. The molecule has 0 radical (unpaired) electrons. The Hall–Kier alpha value is -2.19. The van der Waals surface area contributed by atoms with Crippen molar-refractivity contribution in [2.75, 3.05) is 0 Å². The van der Waals surface area contributed by atoms with Crippen LogP contribution in [0.5, 0.6) is 0 Å². The molecule has 0 saturated heterocycles. The molecule has 5 N–H and O–H groups in total. The smallest absolute Gasteiger partial charge is 0.388 e. The molecule has 3 unspecified atom stereocenters. The van der Waals surface area contributed by atoms with E-state index < -0.39 is 31.7 Å². The first kappa shape index (κ1) is 32.0. The van der Waals surface area contributed by atoms with Gasteiger partial charge in [-0.2, -0.15) is 14.7 Å². The summed E-state index contributed by atoms with van der Waals surface area (Å²) < 4.78 is 5.62. The third kappa shape index (κ3) is 12.1. The minimum Gasteiger partial charge on any atom is -0.388 e. The molecular weight excluding hydrogens is 505 g/mol. The molecule has 2 rings (SSSR count). The lowest BCUT2D eigenvalue weighted by atomic mass is 9.98. The number of benzene rings is 2. The minimum absolute atomic E-state index is 0.0910. The zero-order chi connectivity index (χ0) is 27.8. The molecule has 2 aromatic rings. The van der Waals surface area contributed by atoms with Crippen LogP contribution < -0.4 is 5.32 Å². The first-order chi connectivity index (χ1) is 18.2. The van der Waals surface area contributed by atoms with Gasteiger partial charge in [0, 0.05) is 6.42 Å². The van der Waals surface area contributed by atoms with Crippen LogP contribution >= 0.6 is 7.94 Å². The average Bonchev–Trinajstić information content (AvgIpc) is 2.90. The molecule has 0 aliphatic heterocycles. The molecule has 0 spiro atoms. The van der Waals surface area contributed by atoms with Crippen molar-refractivity contribution in [1.29, 1.82) is 0 Å². The molecule has 0 aromatic heterocycles. The van der Waals surface area contributed by atoms with Gasteiger partial charge in [0.1, 0.15) is 6.10 Å².